The maximum atomic E-state index is 13.0. The van der Waals surface area contributed by atoms with Crippen molar-refractivity contribution in [1.82, 2.24) is 14.7 Å². The number of rotatable bonds is 8. The summed E-state index contributed by atoms with van der Waals surface area (Å²) in [5, 5.41) is 0. The van der Waals surface area contributed by atoms with E-state index in [1.54, 1.807) is 0 Å². The number of ether oxygens (including phenoxy) is 2. The van der Waals surface area contributed by atoms with Crippen LogP contribution in [0.1, 0.15) is 43.5 Å². The van der Waals surface area contributed by atoms with Crippen molar-refractivity contribution >= 4 is 11.8 Å². The Morgan fingerprint density at radius 2 is 1.80 bits per heavy atom. The molecule has 3 rings (SSSR count). The van der Waals surface area contributed by atoms with E-state index in [1.165, 1.54) is 6.42 Å². The third-order valence-corrected chi connectivity index (χ3v) is 5.95. The number of benzene rings is 1. The summed E-state index contributed by atoms with van der Waals surface area (Å²) in [6.45, 7) is 9.64. The predicted molar refractivity (Wildman–Crippen MR) is 116 cm³/mol. The van der Waals surface area contributed by atoms with E-state index < -0.39 is 0 Å². The first-order chi connectivity index (χ1) is 14.6. The van der Waals surface area contributed by atoms with Gasteiger partial charge in [0.05, 0.1) is 18.7 Å². The van der Waals surface area contributed by atoms with E-state index in [4.69, 9.17) is 9.47 Å². The van der Waals surface area contributed by atoms with E-state index in [0.717, 1.165) is 19.4 Å². The highest BCUT2D eigenvalue weighted by Gasteiger charge is 2.28. The molecule has 0 radical (unpaired) electrons. The number of likely N-dealkylation sites (tertiary alicyclic amines) is 1. The minimum Gasteiger partial charge on any atom is -0.490 e. The van der Waals surface area contributed by atoms with Gasteiger partial charge in [0.1, 0.15) is 12.4 Å². The molecule has 2 fully saturated rings. The number of nitrogens with zero attached hydrogens (tertiary/aromatic N) is 3. The Kier molecular flexibility index (Phi) is 8.51. The Hall–Kier alpha value is -2.12. The molecule has 2 aliphatic heterocycles. The van der Waals surface area contributed by atoms with Gasteiger partial charge in [-0.05, 0) is 45.2 Å². The lowest BCUT2D eigenvalue weighted by Gasteiger charge is -2.38. The summed E-state index contributed by atoms with van der Waals surface area (Å²) in [4.78, 5) is 31.8. The molecular weight excluding hydrogens is 382 g/mol. The first-order valence-corrected chi connectivity index (χ1v) is 11.2. The molecule has 1 unspecified atom stereocenters. The molecule has 0 bridgehead atoms. The van der Waals surface area contributed by atoms with Gasteiger partial charge in [0, 0.05) is 45.4 Å². The average molecular weight is 418 g/mol. The van der Waals surface area contributed by atoms with Gasteiger partial charge in [0.25, 0.3) is 5.91 Å². The summed E-state index contributed by atoms with van der Waals surface area (Å²) in [5.41, 5.74) is 0.584. The van der Waals surface area contributed by atoms with Crippen LogP contribution in [0.4, 0.5) is 0 Å². The summed E-state index contributed by atoms with van der Waals surface area (Å²) < 4.78 is 11.1. The Bertz CT molecular complexity index is 703. The smallest absolute Gasteiger partial charge is 0.257 e. The number of carbonyl (C=O) groups excluding carboxylic acids is 2. The number of piperidine rings is 1. The van der Waals surface area contributed by atoms with Crippen LogP contribution in [0, 0.1) is 0 Å². The molecule has 7 heteroatoms. The highest BCUT2D eigenvalue weighted by Crippen LogP contribution is 2.21. The van der Waals surface area contributed by atoms with Crippen molar-refractivity contribution in [2.75, 3.05) is 59.1 Å². The summed E-state index contributed by atoms with van der Waals surface area (Å²) in [5.74, 6) is 0.798. The van der Waals surface area contributed by atoms with Crippen LogP contribution in [-0.4, -0.2) is 91.6 Å². The third kappa shape index (κ3) is 5.95. The second-order valence-corrected chi connectivity index (χ2v) is 8.04. The standard InChI is InChI=1S/C23H35N3O4/c1-3-29-16-17-30-21-10-5-4-9-20(21)23(28)25-14-12-24(13-15-25)18-22(27)26-11-7-6-8-19(26)2/h4-5,9-10,19H,3,6-8,11-18H2,1-2H3. The monoisotopic (exact) mass is 417 g/mol. The summed E-state index contributed by atoms with van der Waals surface area (Å²) in [6.07, 6.45) is 3.41. The number of hydrogen-bond donors (Lipinski definition) is 0. The molecule has 166 valence electrons. The van der Waals surface area contributed by atoms with Crippen LogP contribution in [0.2, 0.25) is 0 Å². The molecule has 1 aromatic rings. The van der Waals surface area contributed by atoms with Crippen molar-refractivity contribution in [3.8, 4) is 5.75 Å². The van der Waals surface area contributed by atoms with Crippen molar-refractivity contribution in [2.24, 2.45) is 0 Å². The maximum absolute atomic E-state index is 13.0. The van der Waals surface area contributed by atoms with Crippen LogP contribution < -0.4 is 4.74 Å². The number of piperazine rings is 1. The summed E-state index contributed by atoms with van der Waals surface area (Å²) in [7, 11) is 0. The average Bonchev–Trinajstić information content (AvgIpc) is 2.77. The van der Waals surface area contributed by atoms with Crippen LogP contribution in [0.25, 0.3) is 0 Å². The van der Waals surface area contributed by atoms with Crippen LogP contribution >= 0.6 is 0 Å². The van der Waals surface area contributed by atoms with Gasteiger partial charge in [-0.1, -0.05) is 12.1 Å². The summed E-state index contributed by atoms with van der Waals surface area (Å²) in [6, 6.07) is 7.71. The van der Waals surface area contributed by atoms with Crippen molar-refractivity contribution < 1.29 is 19.1 Å². The number of amides is 2. The van der Waals surface area contributed by atoms with E-state index in [0.29, 0.717) is 69.9 Å². The van der Waals surface area contributed by atoms with Gasteiger partial charge in [0.2, 0.25) is 5.91 Å². The lowest BCUT2D eigenvalue weighted by Crippen LogP contribution is -2.53. The van der Waals surface area contributed by atoms with Crippen molar-refractivity contribution in [2.45, 2.75) is 39.2 Å². The van der Waals surface area contributed by atoms with Crippen molar-refractivity contribution in [3.05, 3.63) is 29.8 Å². The molecule has 2 aliphatic rings. The Morgan fingerprint density at radius 1 is 1.03 bits per heavy atom. The topological polar surface area (TPSA) is 62.3 Å². The molecular formula is C23H35N3O4. The molecule has 0 aromatic heterocycles. The van der Waals surface area contributed by atoms with Crippen molar-refractivity contribution in [3.63, 3.8) is 0 Å². The zero-order valence-corrected chi connectivity index (χ0v) is 18.3. The number of para-hydroxylation sites is 1. The first kappa shape index (κ1) is 22.6. The Labute approximate surface area is 179 Å². The van der Waals surface area contributed by atoms with Gasteiger partial charge >= 0.3 is 0 Å². The Balaban J connectivity index is 1.50. The highest BCUT2D eigenvalue weighted by atomic mass is 16.5. The van der Waals surface area contributed by atoms with Gasteiger partial charge in [-0.2, -0.15) is 0 Å². The normalized spacial score (nSPS) is 20.3. The minimum atomic E-state index is -0.0161. The Morgan fingerprint density at radius 3 is 2.53 bits per heavy atom. The maximum Gasteiger partial charge on any atom is 0.257 e. The van der Waals surface area contributed by atoms with Crippen LogP contribution in [-0.2, 0) is 9.53 Å². The number of carbonyl (C=O) groups is 2. The fraction of sp³-hybridized carbons (Fsp3) is 0.652. The lowest BCUT2D eigenvalue weighted by atomic mass is 10.0. The second-order valence-electron chi connectivity index (χ2n) is 8.04. The van der Waals surface area contributed by atoms with Gasteiger partial charge in [-0.3, -0.25) is 14.5 Å². The molecule has 1 atom stereocenters. The van der Waals surface area contributed by atoms with Gasteiger partial charge < -0.3 is 19.3 Å². The molecule has 2 amide bonds. The molecule has 1 aromatic carbocycles. The third-order valence-electron chi connectivity index (χ3n) is 5.95. The van der Waals surface area contributed by atoms with Gasteiger partial charge in [-0.15, -0.1) is 0 Å². The minimum absolute atomic E-state index is 0.0161. The highest BCUT2D eigenvalue weighted by molar-refractivity contribution is 5.97. The first-order valence-electron chi connectivity index (χ1n) is 11.2. The number of hydrogen-bond acceptors (Lipinski definition) is 5. The fourth-order valence-corrected chi connectivity index (χ4v) is 4.15. The quantitative estimate of drug-likeness (QED) is 0.607. The van der Waals surface area contributed by atoms with Crippen LogP contribution in [0.15, 0.2) is 24.3 Å². The molecule has 30 heavy (non-hydrogen) atoms. The molecule has 0 spiro atoms. The van der Waals surface area contributed by atoms with E-state index in [2.05, 4.69) is 11.8 Å². The fourth-order valence-electron chi connectivity index (χ4n) is 4.15. The molecule has 2 heterocycles. The van der Waals surface area contributed by atoms with E-state index >= 15 is 0 Å². The zero-order valence-electron chi connectivity index (χ0n) is 18.3. The van der Waals surface area contributed by atoms with Gasteiger partial charge in [-0.25, -0.2) is 0 Å². The molecule has 0 N–H and O–H groups in total. The van der Waals surface area contributed by atoms with Crippen molar-refractivity contribution in [1.29, 1.82) is 0 Å². The van der Waals surface area contributed by atoms with Crippen LogP contribution in [0.3, 0.4) is 0 Å². The molecule has 2 saturated heterocycles. The van der Waals surface area contributed by atoms with E-state index in [-0.39, 0.29) is 11.8 Å². The molecule has 0 saturated carbocycles. The van der Waals surface area contributed by atoms with Crippen LogP contribution in [0.5, 0.6) is 5.75 Å². The lowest BCUT2D eigenvalue weighted by molar-refractivity contribution is -0.136. The molecule has 0 aliphatic carbocycles. The summed E-state index contributed by atoms with van der Waals surface area (Å²) >= 11 is 0. The molecule has 7 nitrogen and oxygen atoms in total. The SMILES string of the molecule is CCOCCOc1ccccc1C(=O)N1CCN(CC(=O)N2CCCCC2C)CC1. The largest absolute Gasteiger partial charge is 0.490 e. The van der Waals surface area contributed by atoms with E-state index in [1.807, 2.05) is 41.0 Å². The van der Waals surface area contributed by atoms with E-state index in [9.17, 15) is 9.59 Å². The predicted octanol–water partition coefficient (Wildman–Crippen LogP) is 2.26. The van der Waals surface area contributed by atoms with Gasteiger partial charge in [0.15, 0.2) is 0 Å². The zero-order chi connectivity index (χ0) is 21.3. The second kappa shape index (κ2) is 11.3.